The summed E-state index contributed by atoms with van der Waals surface area (Å²) in [7, 11) is 1.64. The number of carbonyl (C=O) groups is 2. The molecule has 7 heteroatoms. The van der Waals surface area contributed by atoms with E-state index in [0.29, 0.717) is 29.8 Å². The number of ketones is 1. The van der Waals surface area contributed by atoms with Crippen molar-refractivity contribution in [3.8, 4) is 5.75 Å². The van der Waals surface area contributed by atoms with Crippen LogP contribution in [0.1, 0.15) is 47.6 Å². The minimum atomic E-state index is -0.403. The highest BCUT2D eigenvalue weighted by Crippen LogP contribution is 2.47. The van der Waals surface area contributed by atoms with Gasteiger partial charge in [0.05, 0.1) is 13.0 Å². The van der Waals surface area contributed by atoms with Crippen molar-refractivity contribution in [3.05, 3.63) is 98.7 Å². The van der Waals surface area contributed by atoms with E-state index < -0.39 is 5.92 Å². The largest absolute Gasteiger partial charge is 0.497 e. The van der Waals surface area contributed by atoms with Crippen molar-refractivity contribution in [1.82, 2.24) is 10.3 Å². The highest BCUT2D eigenvalue weighted by molar-refractivity contribution is 7.10. The summed E-state index contributed by atoms with van der Waals surface area (Å²) in [5.74, 6) is 0.771. The summed E-state index contributed by atoms with van der Waals surface area (Å²) in [6.07, 6.45) is 2.75. The predicted octanol–water partition coefficient (Wildman–Crippen LogP) is 5.46. The number of rotatable bonds is 5. The summed E-state index contributed by atoms with van der Waals surface area (Å²) >= 11 is 1.59. The van der Waals surface area contributed by atoms with Gasteiger partial charge in [-0.2, -0.15) is 0 Å². The van der Waals surface area contributed by atoms with Crippen LogP contribution in [0.5, 0.6) is 5.75 Å². The molecule has 2 aliphatic rings. The smallest absolute Gasteiger partial charge is 0.255 e. The molecule has 35 heavy (non-hydrogen) atoms. The molecular formula is C28H27N3O3S. The van der Waals surface area contributed by atoms with Crippen LogP contribution >= 0.6 is 11.3 Å². The normalized spacial score (nSPS) is 19.8. The number of anilines is 1. The highest BCUT2D eigenvalue weighted by Gasteiger charge is 2.41. The molecule has 0 spiro atoms. The Hall–Kier alpha value is -3.71. The summed E-state index contributed by atoms with van der Waals surface area (Å²) in [4.78, 5) is 32.5. The van der Waals surface area contributed by atoms with Crippen LogP contribution in [0.3, 0.4) is 0 Å². The van der Waals surface area contributed by atoms with E-state index in [1.165, 1.54) is 0 Å². The summed E-state index contributed by atoms with van der Waals surface area (Å²) in [5, 5.41) is 8.37. The lowest BCUT2D eigenvalue weighted by atomic mass is 9.73. The lowest BCUT2D eigenvalue weighted by molar-refractivity contribution is -0.116. The number of nitrogens with one attached hydrogen (secondary N) is 2. The zero-order valence-corrected chi connectivity index (χ0v) is 20.7. The number of ether oxygens (including phenoxy) is 1. The van der Waals surface area contributed by atoms with Gasteiger partial charge < -0.3 is 15.4 Å². The number of hydrogen-bond donors (Lipinski definition) is 2. The Bertz CT molecular complexity index is 1340. The highest BCUT2D eigenvalue weighted by atomic mass is 32.1. The van der Waals surface area contributed by atoms with Gasteiger partial charge in [-0.3, -0.25) is 9.59 Å². The van der Waals surface area contributed by atoms with Gasteiger partial charge in [0.15, 0.2) is 5.78 Å². The van der Waals surface area contributed by atoms with Crippen LogP contribution in [0.4, 0.5) is 5.82 Å². The Morgan fingerprint density at radius 2 is 1.91 bits per heavy atom. The minimum Gasteiger partial charge on any atom is -0.497 e. The van der Waals surface area contributed by atoms with E-state index >= 15 is 0 Å². The van der Waals surface area contributed by atoms with Crippen LogP contribution in [0, 0.1) is 6.92 Å². The van der Waals surface area contributed by atoms with E-state index in [-0.39, 0.29) is 17.6 Å². The Morgan fingerprint density at radius 1 is 1.11 bits per heavy atom. The topological polar surface area (TPSA) is 80.3 Å². The molecule has 0 saturated heterocycles. The van der Waals surface area contributed by atoms with Crippen molar-refractivity contribution in [2.45, 2.75) is 38.5 Å². The SMILES string of the molecule is COc1ccc([C@H]2CC(=O)C3=C(C2)NC(C)=C(C(=O)Nc2ccccn2)[C@@H]3c2sccc2C)cc1. The molecule has 3 heterocycles. The molecule has 178 valence electrons. The third kappa shape index (κ3) is 4.39. The van der Waals surface area contributed by atoms with Gasteiger partial charge >= 0.3 is 0 Å². The quantitative estimate of drug-likeness (QED) is 0.502. The summed E-state index contributed by atoms with van der Waals surface area (Å²) in [6.45, 7) is 3.94. The Kier molecular flexibility index (Phi) is 6.26. The number of aryl methyl sites for hydroxylation is 1. The molecule has 0 saturated carbocycles. The number of dihydropyridines is 1. The molecular weight excluding hydrogens is 458 g/mol. The van der Waals surface area contributed by atoms with Gasteiger partial charge in [-0.15, -0.1) is 11.3 Å². The molecule has 2 aromatic heterocycles. The number of allylic oxidation sites excluding steroid dienone is 3. The van der Waals surface area contributed by atoms with E-state index in [1.54, 1.807) is 36.8 Å². The molecule has 2 N–H and O–H groups in total. The Labute approximate surface area is 208 Å². The Morgan fingerprint density at radius 3 is 2.57 bits per heavy atom. The number of thiophene rings is 1. The number of carbonyl (C=O) groups excluding carboxylic acids is 2. The van der Waals surface area contributed by atoms with Crippen LogP contribution in [0.15, 0.2) is 82.6 Å². The first-order valence-corrected chi connectivity index (χ1v) is 12.5. The van der Waals surface area contributed by atoms with Crippen molar-refractivity contribution in [3.63, 3.8) is 0 Å². The first-order valence-electron chi connectivity index (χ1n) is 11.6. The molecule has 3 aromatic rings. The Balaban J connectivity index is 1.53. The second kappa shape index (κ2) is 9.50. The average Bonchev–Trinajstić information content (AvgIpc) is 3.29. The van der Waals surface area contributed by atoms with Gasteiger partial charge in [0, 0.05) is 40.0 Å². The number of Topliss-reactive ketones (excluding diaryl/α,β-unsaturated/α-hetero) is 1. The standard InChI is InChI=1S/C28H27N3O3S/c1-16-11-13-35-27(16)26-24(28(33)31-23-6-4-5-12-29-23)17(2)30-21-14-19(15-22(32)25(21)26)18-7-9-20(34-3)10-8-18/h4-13,19,26,30H,14-15H2,1-3H3,(H,29,31,33)/t19-,26+/m1/s1. The van der Waals surface area contributed by atoms with Crippen LogP contribution in [-0.2, 0) is 9.59 Å². The monoisotopic (exact) mass is 485 g/mol. The van der Waals surface area contributed by atoms with Gasteiger partial charge in [0.2, 0.25) is 0 Å². The van der Waals surface area contributed by atoms with Gasteiger partial charge in [-0.1, -0.05) is 18.2 Å². The van der Waals surface area contributed by atoms with Crippen molar-refractivity contribution >= 4 is 28.8 Å². The maximum Gasteiger partial charge on any atom is 0.255 e. The zero-order valence-electron chi connectivity index (χ0n) is 19.9. The average molecular weight is 486 g/mol. The number of methoxy groups -OCH3 is 1. The molecule has 5 rings (SSSR count). The molecule has 1 aliphatic carbocycles. The maximum absolute atomic E-state index is 13.7. The van der Waals surface area contributed by atoms with Crippen molar-refractivity contribution in [1.29, 1.82) is 0 Å². The number of amides is 1. The fourth-order valence-electron chi connectivity index (χ4n) is 5.01. The fourth-order valence-corrected chi connectivity index (χ4v) is 6.06. The molecule has 0 unspecified atom stereocenters. The third-order valence-corrected chi connectivity index (χ3v) is 7.81. The summed E-state index contributed by atoms with van der Waals surface area (Å²) < 4.78 is 5.29. The van der Waals surface area contributed by atoms with Crippen molar-refractivity contribution in [2.75, 3.05) is 12.4 Å². The van der Waals surface area contributed by atoms with E-state index in [0.717, 1.165) is 33.1 Å². The minimum absolute atomic E-state index is 0.0708. The van der Waals surface area contributed by atoms with Gasteiger partial charge in [0.1, 0.15) is 11.6 Å². The zero-order chi connectivity index (χ0) is 24.5. The van der Waals surface area contributed by atoms with Crippen LogP contribution < -0.4 is 15.4 Å². The van der Waals surface area contributed by atoms with E-state index in [9.17, 15) is 9.59 Å². The second-order valence-corrected chi connectivity index (χ2v) is 9.88. The van der Waals surface area contributed by atoms with E-state index in [4.69, 9.17) is 4.74 Å². The van der Waals surface area contributed by atoms with Gasteiger partial charge in [0.25, 0.3) is 5.91 Å². The second-order valence-electron chi connectivity index (χ2n) is 8.93. The number of aromatic nitrogens is 1. The number of pyridine rings is 1. The lowest BCUT2D eigenvalue weighted by Gasteiger charge is -2.36. The number of benzene rings is 1. The van der Waals surface area contributed by atoms with Crippen molar-refractivity contribution in [2.24, 2.45) is 0 Å². The van der Waals surface area contributed by atoms with Crippen LogP contribution in [0.2, 0.25) is 0 Å². The predicted molar refractivity (Wildman–Crippen MR) is 138 cm³/mol. The van der Waals surface area contributed by atoms with E-state index in [2.05, 4.69) is 15.6 Å². The van der Waals surface area contributed by atoms with Gasteiger partial charge in [-0.05, 0) is 73.0 Å². The summed E-state index contributed by atoms with van der Waals surface area (Å²) in [6, 6.07) is 15.3. The van der Waals surface area contributed by atoms with Crippen molar-refractivity contribution < 1.29 is 14.3 Å². The molecule has 1 amide bonds. The van der Waals surface area contributed by atoms with Crippen LogP contribution in [0.25, 0.3) is 0 Å². The lowest BCUT2D eigenvalue weighted by Crippen LogP contribution is -2.37. The maximum atomic E-state index is 13.7. The molecule has 1 aromatic carbocycles. The molecule has 1 aliphatic heterocycles. The first kappa shape index (κ1) is 23.1. The van der Waals surface area contributed by atoms with E-state index in [1.807, 2.05) is 55.6 Å². The number of nitrogens with zero attached hydrogens (tertiary/aromatic N) is 1. The molecule has 0 fully saturated rings. The fraction of sp³-hybridized carbons (Fsp3) is 0.250. The molecule has 0 bridgehead atoms. The van der Waals surface area contributed by atoms with Crippen LogP contribution in [-0.4, -0.2) is 23.8 Å². The summed E-state index contributed by atoms with van der Waals surface area (Å²) in [5.41, 5.74) is 5.13. The first-order chi connectivity index (χ1) is 17.0. The molecule has 6 nitrogen and oxygen atoms in total. The number of hydrogen-bond acceptors (Lipinski definition) is 6. The third-order valence-electron chi connectivity index (χ3n) is 6.73. The molecule has 2 atom stereocenters. The molecule has 0 radical (unpaired) electrons. The van der Waals surface area contributed by atoms with Gasteiger partial charge in [-0.25, -0.2) is 4.98 Å².